The maximum absolute atomic E-state index is 9.31. The van der Waals surface area contributed by atoms with Crippen molar-refractivity contribution in [2.45, 2.75) is 29.6 Å². The Morgan fingerprint density at radius 2 is 2.40 bits per heavy atom. The quantitative estimate of drug-likeness (QED) is 0.758. The van der Waals surface area contributed by atoms with Crippen LogP contribution in [0.5, 0.6) is 0 Å². The van der Waals surface area contributed by atoms with Gasteiger partial charge in [0.1, 0.15) is 5.82 Å². The lowest BCUT2D eigenvalue weighted by molar-refractivity contribution is 0.194. The van der Waals surface area contributed by atoms with Gasteiger partial charge < -0.3 is 10.8 Å². The summed E-state index contributed by atoms with van der Waals surface area (Å²) >= 11 is 3.00. The van der Waals surface area contributed by atoms with Crippen LogP contribution in [0.4, 0.5) is 0 Å². The first-order valence-electron chi connectivity index (χ1n) is 4.97. The second kappa shape index (κ2) is 4.37. The molecule has 4 nitrogen and oxygen atoms in total. The highest BCUT2D eigenvalue weighted by molar-refractivity contribution is 8.01. The van der Waals surface area contributed by atoms with Gasteiger partial charge in [-0.3, -0.25) is 0 Å². The monoisotopic (exact) mass is 245 g/mol. The second-order valence-electron chi connectivity index (χ2n) is 4.06. The van der Waals surface area contributed by atoms with Crippen LogP contribution in [-0.2, 0) is 0 Å². The topological polar surface area (TPSA) is 72.0 Å². The minimum Gasteiger partial charge on any atom is -0.394 e. The van der Waals surface area contributed by atoms with Crippen molar-refractivity contribution < 1.29 is 5.11 Å². The molecule has 0 radical (unpaired) electrons. The number of aromatic nitrogens is 2. The molecule has 0 aromatic carbocycles. The predicted octanol–water partition coefficient (Wildman–Crippen LogP) is 1.04. The fourth-order valence-electron chi connectivity index (χ4n) is 1.48. The zero-order valence-corrected chi connectivity index (χ0v) is 10.3. The third kappa shape index (κ3) is 2.69. The zero-order valence-electron chi connectivity index (χ0n) is 8.64. The normalized spacial score (nSPS) is 20.2. The van der Waals surface area contributed by atoms with Crippen LogP contribution < -0.4 is 5.73 Å². The fraction of sp³-hybridized carbons (Fsp3) is 0.778. The largest absolute Gasteiger partial charge is 0.394 e. The van der Waals surface area contributed by atoms with Crippen molar-refractivity contribution in [1.29, 1.82) is 0 Å². The fourth-order valence-corrected chi connectivity index (χ4v) is 3.32. The van der Waals surface area contributed by atoms with Crippen LogP contribution in [0, 0.1) is 12.8 Å². The molecule has 1 saturated carbocycles. The molecule has 1 aliphatic carbocycles. The van der Waals surface area contributed by atoms with E-state index in [4.69, 9.17) is 5.73 Å². The SMILES string of the molecule is Cc1nsc(SCC(N)(CO)C2CC2)n1. The molecule has 15 heavy (non-hydrogen) atoms. The minimum absolute atomic E-state index is 0.0580. The molecule has 1 aliphatic rings. The summed E-state index contributed by atoms with van der Waals surface area (Å²) in [5.74, 6) is 2.02. The molecule has 1 aromatic rings. The van der Waals surface area contributed by atoms with Gasteiger partial charge in [-0.15, -0.1) is 0 Å². The Bertz CT molecular complexity index is 340. The van der Waals surface area contributed by atoms with Gasteiger partial charge in [-0.25, -0.2) is 4.98 Å². The molecule has 2 rings (SSSR count). The highest BCUT2D eigenvalue weighted by Crippen LogP contribution is 2.40. The lowest BCUT2D eigenvalue weighted by Crippen LogP contribution is -2.48. The van der Waals surface area contributed by atoms with E-state index in [2.05, 4.69) is 9.36 Å². The number of hydrogen-bond donors (Lipinski definition) is 2. The second-order valence-corrected chi connectivity index (χ2v) is 6.04. The maximum Gasteiger partial charge on any atom is 0.170 e. The van der Waals surface area contributed by atoms with E-state index in [9.17, 15) is 5.11 Å². The van der Waals surface area contributed by atoms with Crippen LogP contribution >= 0.6 is 23.3 Å². The Morgan fingerprint density at radius 3 is 2.87 bits per heavy atom. The van der Waals surface area contributed by atoms with Crippen molar-refractivity contribution in [3.05, 3.63) is 5.82 Å². The van der Waals surface area contributed by atoms with Gasteiger partial charge in [0.25, 0.3) is 0 Å². The van der Waals surface area contributed by atoms with E-state index in [1.807, 2.05) is 6.92 Å². The van der Waals surface area contributed by atoms with Crippen molar-refractivity contribution in [2.24, 2.45) is 11.7 Å². The smallest absolute Gasteiger partial charge is 0.170 e. The van der Waals surface area contributed by atoms with Gasteiger partial charge in [0, 0.05) is 5.75 Å². The number of aliphatic hydroxyl groups is 1. The van der Waals surface area contributed by atoms with Gasteiger partial charge >= 0.3 is 0 Å². The van der Waals surface area contributed by atoms with Gasteiger partial charge in [-0.1, -0.05) is 11.8 Å². The number of nitrogens with zero attached hydrogens (tertiary/aromatic N) is 2. The molecule has 3 N–H and O–H groups in total. The number of hydrogen-bond acceptors (Lipinski definition) is 6. The Labute approximate surface area is 97.5 Å². The summed E-state index contributed by atoms with van der Waals surface area (Å²) in [6.45, 7) is 1.94. The van der Waals surface area contributed by atoms with Crippen LogP contribution in [0.25, 0.3) is 0 Å². The molecule has 6 heteroatoms. The maximum atomic E-state index is 9.31. The van der Waals surface area contributed by atoms with E-state index in [1.165, 1.54) is 11.5 Å². The molecule has 1 atom stereocenters. The van der Waals surface area contributed by atoms with Crippen LogP contribution in [0.3, 0.4) is 0 Å². The molecular formula is C9H15N3OS2. The molecule has 1 heterocycles. The molecule has 1 aromatic heterocycles. The van der Waals surface area contributed by atoms with E-state index < -0.39 is 5.54 Å². The molecule has 1 fully saturated rings. The average Bonchev–Trinajstić information content (AvgIpc) is 3.00. The molecule has 1 unspecified atom stereocenters. The van der Waals surface area contributed by atoms with E-state index in [1.54, 1.807) is 11.8 Å². The number of thioether (sulfide) groups is 1. The highest BCUT2D eigenvalue weighted by atomic mass is 32.2. The standard InChI is InChI=1S/C9H15N3OS2/c1-6-11-8(15-12-6)14-5-9(10,4-13)7-2-3-7/h7,13H,2-5,10H2,1H3. The first-order chi connectivity index (χ1) is 7.14. The lowest BCUT2D eigenvalue weighted by atomic mass is 9.99. The van der Waals surface area contributed by atoms with Gasteiger partial charge in [0.15, 0.2) is 4.34 Å². The van der Waals surface area contributed by atoms with Gasteiger partial charge in [-0.2, -0.15) is 4.37 Å². The van der Waals surface area contributed by atoms with Crippen molar-refractivity contribution in [3.63, 3.8) is 0 Å². The lowest BCUT2D eigenvalue weighted by Gasteiger charge is -2.25. The Morgan fingerprint density at radius 1 is 1.67 bits per heavy atom. The molecule has 0 saturated heterocycles. The molecule has 0 aliphatic heterocycles. The van der Waals surface area contributed by atoms with Crippen molar-refractivity contribution in [2.75, 3.05) is 12.4 Å². The molecule has 84 valence electrons. The van der Waals surface area contributed by atoms with Gasteiger partial charge in [0.05, 0.1) is 12.1 Å². The highest BCUT2D eigenvalue weighted by Gasteiger charge is 2.41. The Balaban J connectivity index is 1.91. The van der Waals surface area contributed by atoms with E-state index in [-0.39, 0.29) is 6.61 Å². The van der Waals surface area contributed by atoms with Crippen molar-refractivity contribution in [1.82, 2.24) is 9.36 Å². The van der Waals surface area contributed by atoms with Crippen molar-refractivity contribution in [3.8, 4) is 0 Å². The Hall–Kier alpha value is -0.170. The summed E-state index contributed by atoms with van der Waals surface area (Å²) < 4.78 is 5.05. The molecule has 0 amide bonds. The number of aliphatic hydroxyl groups excluding tert-OH is 1. The molecular weight excluding hydrogens is 230 g/mol. The van der Waals surface area contributed by atoms with Gasteiger partial charge in [-0.05, 0) is 37.2 Å². The summed E-state index contributed by atoms with van der Waals surface area (Å²) in [6, 6.07) is 0. The van der Waals surface area contributed by atoms with Crippen molar-refractivity contribution >= 4 is 23.3 Å². The number of nitrogens with two attached hydrogens (primary N) is 1. The van der Waals surface area contributed by atoms with E-state index in [0.717, 1.165) is 28.8 Å². The average molecular weight is 245 g/mol. The first kappa shape index (κ1) is 11.3. The summed E-state index contributed by atoms with van der Waals surface area (Å²) in [7, 11) is 0. The summed E-state index contributed by atoms with van der Waals surface area (Å²) in [5, 5.41) is 9.31. The Kier molecular flexibility index (Phi) is 3.30. The zero-order chi connectivity index (χ0) is 10.9. The summed E-state index contributed by atoms with van der Waals surface area (Å²) in [5.41, 5.74) is 5.72. The van der Waals surface area contributed by atoms with Crippen LogP contribution in [0.2, 0.25) is 0 Å². The van der Waals surface area contributed by atoms with Crippen LogP contribution in [0.1, 0.15) is 18.7 Å². The van der Waals surface area contributed by atoms with Crippen LogP contribution in [0.15, 0.2) is 4.34 Å². The van der Waals surface area contributed by atoms with Gasteiger partial charge in [0.2, 0.25) is 0 Å². The first-order valence-corrected chi connectivity index (χ1v) is 6.73. The number of aryl methyl sites for hydroxylation is 1. The predicted molar refractivity (Wildman–Crippen MR) is 62.1 cm³/mol. The van der Waals surface area contributed by atoms with E-state index in [0.29, 0.717) is 5.92 Å². The van der Waals surface area contributed by atoms with E-state index >= 15 is 0 Å². The third-order valence-electron chi connectivity index (χ3n) is 2.66. The molecule has 0 bridgehead atoms. The third-order valence-corrected chi connectivity index (χ3v) is 4.86. The number of rotatable bonds is 5. The van der Waals surface area contributed by atoms with Crippen LogP contribution in [-0.4, -0.2) is 32.4 Å². The summed E-state index contributed by atoms with van der Waals surface area (Å²) in [4.78, 5) is 4.26. The minimum atomic E-state index is -0.426. The summed E-state index contributed by atoms with van der Waals surface area (Å²) in [6.07, 6.45) is 2.29. The molecule has 0 spiro atoms.